The van der Waals surface area contributed by atoms with Crippen LogP contribution in [0.1, 0.15) is 6.92 Å². The number of carbonyl (C=O) groups is 1. The molecule has 0 radical (unpaired) electrons. The summed E-state index contributed by atoms with van der Waals surface area (Å²) in [6, 6.07) is 0. The third-order valence-electron chi connectivity index (χ3n) is 1.68. The van der Waals surface area contributed by atoms with Crippen molar-refractivity contribution in [3.8, 4) is 0 Å². The number of hydrogen-bond donors (Lipinski definition) is 2. The van der Waals surface area contributed by atoms with Crippen LogP contribution in [-0.2, 0) is 9.53 Å². The summed E-state index contributed by atoms with van der Waals surface area (Å²) in [6.45, 7) is 1.80. The van der Waals surface area contributed by atoms with Gasteiger partial charge in [0, 0.05) is 0 Å². The minimum absolute atomic E-state index is 0. The molecule has 15 heteroatoms. The number of esters is 1. The Kier molecular flexibility index (Phi) is 7.13. The molecular weight excluding hydrogens is 295 g/mol. The van der Waals surface area contributed by atoms with Gasteiger partial charge in [0.05, 0.1) is 6.61 Å². The summed E-state index contributed by atoms with van der Waals surface area (Å²) in [5.74, 6) is -0.866. The number of rotatable bonds is 6. The summed E-state index contributed by atoms with van der Waals surface area (Å²) in [4.78, 5) is 11.6. The average Bonchev–Trinajstić information content (AvgIpc) is 3.12. The van der Waals surface area contributed by atoms with Crippen molar-refractivity contribution in [1.29, 1.82) is 0 Å². The van der Waals surface area contributed by atoms with Gasteiger partial charge in [0.1, 0.15) is 0 Å². The average molecular weight is 303 g/mol. The predicted molar refractivity (Wildman–Crippen MR) is 57.8 cm³/mol. The molecule has 0 amide bonds. The zero-order valence-electron chi connectivity index (χ0n) is 11.1. The molecule has 14 nitrogen and oxygen atoms in total. The molecule has 2 heterocycles. The van der Waals surface area contributed by atoms with Gasteiger partial charge in [-0.15, -0.1) is 30.7 Å². The first-order chi connectivity index (χ1) is 9.79. The Morgan fingerprint density at radius 2 is 1.67 bits per heavy atom. The van der Waals surface area contributed by atoms with Gasteiger partial charge in [0.2, 0.25) is 0 Å². The van der Waals surface area contributed by atoms with Gasteiger partial charge < -0.3 is 4.74 Å². The Morgan fingerprint density at radius 1 is 1.14 bits per heavy atom. The van der Waals surface area contributed by atoms with Crippen LogP contribution in [0.15, 0.2) is 20.5 Å². The summed E-state index contributed by atoms with van der Waals surface area (Å²) >= 11 is 0. The van der Waals surface area contributed by atoms with E-state index in [9.17, 15) is 4.79 Å². The molecule has 0 aliphatic rings. The van der Waals surface area contributed by atoms with E-state index in [1.165, 1.54) is 0 Å². The number of nitrogens with zero attached hydrogens (tertiary/aromatic N) is 10. The van der Waals surface area contributed by atoms with Gasteiger partial charge in [-0.1, -0.05) is 10.2 Å². The number of aromatic nitrogens is 8. The maximum Gasteiger partial charge on any atom is 1.00 e. The number of H-pyrrole nitrogens is 2. The van der Waals surface area contributed by atoms with Crippen LogP contribution in [0.3, 0.4) is 0 Å². The number of hydrogen-bond acceptors (Lipinski definition) is 12. The van der Waals surface area contributed by atoms with Crippen LogP contribution in [-0.4, -0.2) is 60.0 Å². The third kappa shape index (κ3) is 5.36. The molecule has 0 fully saturated rings. The number of ether oxygens (including phenoxy) is 1. The van der Waals surface area contributed by atoms with Gasteiger partial charge in [-0.2, -0.15) is 10.4 Å². The van der Waals surface area contributed by atoms with Gasteiger partial charge in [0.25, 0.3) is 6.17 Å². The summed E-state index contributed by atoms with van der Waals surface area (Å²) in [5.41, 5.74) is 0. The van der Waals surface area contributed by atoms with Crippen molar-refractivity contribution in [2.75, 3.05) is 6.61 Å². The number of azo groups is 2. The van der Waals surface area contributed by atoms with Crippen LogP contribution in [0, 0.1) is 0 Å². The Hall–Kier alpha value is -2.19. The first-order valence-electron chi connectivity index (χ1n) is 5.25. The van der Waals surface area contributed by atoms with E-state index in [0.29, 0.717) is 0 Å². The second-order valence-electron chi connectivity index (χ2n) is 2.98. The predicted octanol–water partition coefficient (Wildman–Crippen LogP) is -3.53. The smallest absolute Gasteiger partial charge is 0.463 e. The number of aromatic amines is 2. The molecule has 2 N–H and O–H groups in total. The van der Waals surface area contributed by atoms with Gasteiger partial charge in [0.15, 0.2) is 0 Å². The minimum Gasteiger partial charge on any atom is -0.463 e. The van der Waals surface area contributed by atoms with Crippen LogP contribution in [0.2, 0.25) is 0 Å². The fraction of sp³-hybridized carbons (Fsp3) is 0.500. The van der Waals surface area contributed by atoms with E-state index in [1.807, 2.05) is 0 Å². The van der Waals surface area contributed by atoms with Crippen molar-refractivity contribution in [1.82, 2.24) is 41.2 Å². The van der Waals surface area contributed by atoms with Crippen molar-refractivity contribution in [2.24, 2.45) is 20.5 Å². The molecule has 0 atom stereocenters. The first kappa shape index (κ1) is 16.9. The first-order valence-corrected chi connectivity index (χ1v) is 5.25. The summed E-state index contributed by atoms with van der Waals surface area (Å²) in [5, 5.41) is 39.4. The molecule has 0 saturated heterocycles. The fourth-order valence-corrected chi connectivity index (χ4v) is 0.945. The Bertz CT molecular complexity index is 535. The van der Waals surface area contributed by atoms with Crippen molar-refractivity contribution in [3.63, 3.8) is 0 Å². The number of nitrogens with one attached hydrogen (secondary N) is 2. The molecule has 2 aromatic rings. The summed E-state index contributed by atoms with van der Waals surface area (Å²) in [7, 11) is 0. The summed E-state index contributed by atoms with van der Waals surface area (Å²) in [6.07, 6.45) is -1.33. The maximum absolute atomic E-state index is 11.6. The SMILES string of the molecule is CCOC(=O)C(/N=N/c1nn[nH]n1)/N=N/c1nn[nH]n1.[Na+]. The molecular formula is C6H8N12NaO2+. The Labute approximate surface area is 138 Å². The molecule has 0 unspecified atom stereocenters. The van der Waals surface area contributed by atoms with E-state index in [-0.39, 0.29) is 48.1 Å². The second-order valence-corrected chi connectivity index (χ2v) is 2.98. The van der Waals surface area contributed by atoms with E-state index < -0.39 is 12.1 Å². The fourth-order valence-electron chi connectivity index (χ4n) is 0.945. The van der Waals surface area contributed by atoms with Crippen LogP contribution < -0.4 is 29.6 Å². The number of carbonyl (C=O) groups excluding carboxylic acids is 1. The van der Waals surface area contributed by atoms with Crippen LogP contribution in [0.5, 0.6) is 0 Å². The van der Waals surface area contributed by atoms with E-state index in [0.717, 1.165) is 0 Å². The van der Waals surface area contributed by atoms with Gasteiger partial charge in [-0.3, -0.25) is 0 Å². The van der Waals surface area contributed by atoms with Gasteiger partial charge >= 0.3 is 47.4 Å². The van der Waals surface area contributed by atoms with Crippen LogP contribution in [0.4, 0.5) is 11.9 Å². The van der Waals surface area contributed by atoms with E-state index in [4.69, 9.17) is 4.74 Å². The second kappa shape index (κ2) is 8.88. The standard InChI is InChI=1S/C6H8N12O2.Na/c1-2-20-4(19)3(7-9-5-11-15-16-12-5)8-10-6-13-17-18-14-6;/h3H,2H2,1H3,(H,11,12,15,16)(H,13,14,17,18);/q;+1/b9-7+,10-8+;. The van der Waals surface area contributed by atoms with Crippen molar-refractivity contribution >= 4 is 17.9 Å². The normalized spacial score (nSPS) is 11.1. The molecule has 104 valence electrons. The summed E-state index contributed by atoms with van der Waals surface area (Å²) < 4.78 is 4.77. The topological polar surface area (TPSA) is 185 Å². The molecule has 0 spiro atoms. The Morgan fingerprint density at radius 3 is 2.05 bits per heavy atom. The Balaban J connectivity index is 0.00000220. The quantitative estimate of drug-likeness (QED) is 0.312. The minimum atomic E-state index is -1.33. The van der Waals surface area contributed by atoms with Crippen LogP contribution in [0.25, 0.3) is 0 Å². The molecule has 2 aromatic heterocycles. The monoisotopic (exact) mass is 303 g/mol. The van der Waals surface area contributed by atoms with E-state index in [2.05, 4.69) is 61.7 Å². The van der Waals surface area contributed by atoms with Gasteiger partial charge in [-0.25, -0.2) is 4.79 Å². The number of tetrazole rings is 2. The van der Waals surface area contributed by atoms with E-state index in [1.54, 1.807) is 6.92 Å². The van der Waals surface area contributed by atoms with Crippen molar-refractivity contribution in [2.45, 2.75) is 13.1 Å². The third-order valence-corrected chi connectivity index (χ3v) is 1.68. The van der Waals surface area contributed by atoms with E-state index >= 15 is 0 Å². The zero-order chi connectivity index (χ0) is 14.2. The van der Waals surface area contributed by atoms with Crippen molar-refractivity contribution in [3.05, 3.63) is 0 Å². The molecule has 0 aliphatic heterocycles. The molecule has 0 aromatic carbocycles. The molecule has 2 rings (SSSR count). The molecule has 0 aliphatic carbocycles. The zero-order valence-corrected chi connectivity index (χ0v) is 13.1. The largest absolute Gasteiger partial charge is 1.00 e. The maximum atomic E-state index is 11.6. The molecule has 0 bridgehead atoms. The molecule has 21 heavy (non-hydrogen) atoms. The van der Waals surface area contributed by atoms with Crippen molar-refractivity contribution < 1.29 is 39.1 Å². The van der Waals surface area contributed by atoms with Crippen LogP contribution >= 0.6 is 0 Å². The van der Waals surface area contributed by atoms with Gasteiger partial charge in [-0.05, 0) is 17.4 Å². The molecule has 0 saturated carbocycles.